The molecule has 35 heavy (non-hydrogen) atoms. The van der Waals surface area contributed by atoms with Crippen LogP contribution in [0.5, 0.6) is 0 Å². The third-order valence-electron chi connectivity index (χ3n) is 6.91. The van der Waals surface area contributed by atoms with E-state index in [1.165, 1.54) is 0 Å². The summed E-state index contributed by atoms with van der Waals surface area (Å²) in [5.41, 5.74) is 2.58. The van der Waals surface area contributed by atoms with Crippen molar-refractivity contribution in [2.45, 2.75) is 57.3 Å². The molecule has 3 N–H and O–H groups in total. The Morgan fingerprint density at radius 3 is 2.51 bits per heavy atom. The molecule has 2 aliphatic rings. The fourth-order valence-corrected chi connectivity index (χ4v) is 4.61. The Kier molecular flexibility index (Phi) is 9.03. The van der Waals surface area contributed by atoms with Gasteiger partial charge in [-0.25, -0.2) is 13.8 Å². The number of anilines is 3. The number of nitrogens with zero attached hydrogens (tertiary/aromatic N) is 5. The number of hydrogen-bond donors (Lipinski definition) is 3. The summed E-state index contributed by atoms with van der Waals surface area (Å²) < 4.78 is 26.3. The van der Waals surface area contributed by atoms with Gasteiger partial charge in [-0.05, 0) is 44.2 Å². The molecule has 0 spiro atoms. The fraction of sp³-hybridized carbons (Fsp3) is 0.640. The molecule has 192 valence electrons. The smallest absolute Gasteiger partial charge is 0.224 e. The van der Waals surface area contributed by atoms with Crippen LogP contribution in [0.3, 0.4) is 0 Å². The summed E-state index contributed by atoms with van der Waals surface area (Å²) in [7, 11) is 0. The van der Waals surface area contributed by atoms with Gasteiger partial charge in [0.05, 0.1) is 29.2 Å². The van der Waals surface area contributed by atoms with Crippen LogP contribution in [0, 0.1) is 0 Å². The first kappa shape index (κ1) is 25.5. The molecule has 0 unspecified atom stereocenters. The lowest BCUT2D eigenvalue weighted by molar-refractivity contribution is 0.126. The molecule has 1 aliphatic heterocycles. The van der Waals surface area contributed by atoms with E-state index in [1.54, 1.807) is 13.1 Å². The van der Waals surface area contributed by atoms with Crippen LogP contribution >= 0.6 is 0 Å². The first-order valence-corrected chi connectivity index (χ1v) is 12.7. The summed E-state index contributed by atoms with van der Waals surface area (Å²) in [6, 6.07) is 4.22. The van der Waals surface area contributed by atoms with Crippen molar-refractivity contribution in [1.29, 1.82) is 0 Å². The van der Waals surface area contributed by atoms with E-state index in [9.17, 15) is 13.9 Å². The molecular formula is C25H37F2N7O. The predicted octanol–water partition coefficient (Wildman–Crippen LogP) is 3.51. The highest BCUT2D eigenvalue weighted by Crippen LogP contribution is 2.30. The maximum Gasteiger partial charge on any atom is 0.224 e. The Labute approximate surface area is 206 Å². The van der Waals surface area contributed by atoms with Crippen molar-refractivity contribution in [3.63, 3.8) is 0 Å². The van der Waals surface area contributed by atoms with E-state index < -0.39 is 6.17 Å². The second-order valence-corrected chi connectivity index (χ2v) is 9.41. The van der Waals surface area contributed by atoms with Gasteiger partial charge in [-0.3, -0.25) is 9.88 Å². The zero-order chi connectivity index (χ0) is 24.6. The minimum absolute atomic E-state index is 0.163. The van der Waals surface area contributed by atoms with E-state index in [-0.39, 0.29) is 25.4 Å². The van der Waals surface area contributed by atoms with Gasteiger partial charge in [0.2, 0.25) is 5.95 Å². The molecule has 2 aromatic heterocycles. The van der Waals surface area contributed by atoms with Crippen LogP contribution in [-0.4, -0.2) is 89.2 Å². The van der Waals surface area contributed by atoms with Crippen LogP contribution in [0.2, 0.25) is 0 Å². The van der Waals surface area contributed by atoms with Gasteiger partial charge in [0.15, 0.2) is 0 Å². The average Bonchev–Trinajstić information content (AvgIpc) is 2.89. The lowest BCUT2D eigenvalue weighted by atomic mass is 9.93. The van der Waals surface area contributed by atoms with Gasteiger partial charge >= 0.3 is 0 Å². The van der Waals surface area contributed by atoms with Crippen molar-refractivity contribution in [1.82, 2.24) is 19.9 Å². The van der Waals surface area contributed by atoms with Gasteiger partial charge in [0.25, 0.3) is 0 Å². The second-order valence-electron chi connectivity index (χ2n) is 9.41. The number of hydrogen-bond acceptors (Lipinski definition) is 8. The number of nitrogens with one attached hydrogen (secondary N) is 2. The standard InChI is InChI=1S/C25H37F2N7O/c1-2-18(27)15-29-25-30-17-22(24(32-25)31-19-3-6-21(35)7-4-19)23-8-5-20(16-28-23)34-13-11-33(10-9-26)12-14-34/h5,8,16-19,21,35H,2-4,6-7,9-15H2,1H3,(H2,29,30,31,32)/t18-,19?,21?/m0/s1. The first-order chi connectivity index (χ1) is 17.1. The molecule has 0 bridgehead atoms. The minimum atomic E-state index is -0.956. The topological polar surface area (TPSA) is 89.4 Å². The van der Waals surface area contributed by atoms with Gasteiger partial charge in [0, 0.05) is 51.5 Å². The van der Waals surface area contributed by atoms with Crippen molar-refractivity contribution in [3.8, 4) is 11.3 Å². The summed E-state index contributed by atoms with van der Waals surface area (Å²) in [4.78, 5) is 18.2. The van der Waals surface area contributed by atoms with Crippen LogP contribution in [0.4, 0.5) is 26.2 Å². The van der Waals surface area contributed by atoms with Crippen LogP contribution in [-0.2, 0) is 0 Å². The largest absolute Gasteiger partial charge is 0.393 e. The van der Waals surface area contributed by atoms with Crippen molar-refractivity contribution >= 4 is 17.5 Å². The van der Waals surface area contributed by atoms with Crippen LogP contribution < -0.4 is 15.5 Å². The van der Waals surface area contributed by atoms with Gasteiger partial charge in [0.1, 0.15) is 18.7 Å². The number of pyridine rings is 1. The Bertz CT molecular complexity index is 917. The maximum absolute atomic E-state index is 13.7. The molecule has 1 atom stereocenters. The molecule has 1 saturated heterocycles. The molecule has 0 amide bonds. The minimum Gasteiger partial charge on any atom is -0.393 e. The Morgan fingerprint density at radius 2 is 1.86 bits per heavy atom. The van der Waals surface area contributed by atoms with E-state index in [4.69, 9.17) is 4.98 Å². The summed E-state index contributed by atoms with van der Waals surface area (Å²) in [6.45, 7) is 5.53. The molecular weight excluding hydrogens is 452 g/mol. The molecule has 10 heteroatoms. The quantitative estimate of drug-likeness (QED) is 0.467. The Hall–Kier alpha value is -2.59. The van der Waals surface area contributed by atoms with E-state index in [0.29, 0.717) is 24.7 Å². The van der Waals surface area contributed by atoms with E-state index in [2.05, 4.69) is 36.5 Å². The number of piperazine rings is 1. The SMILES string of the molecule is CC[C@H](F)CNc1ncc(-c2ccc(N3CCN(CCF)CC3)cn2)c(NC2CCC(O)CC2)n1. The van der Waals surface area contributed by atoms with E-state index in [0.717, 1.165) is 68.8 Å². The summed E-state index contributed by atoms with van der Waals surface area (Å²) >= 11 is 0. The Balaban J connectivity index is 1.49. The van der Waals surface area contributed by atoms with Gasteiger partial charge in [-0.15, -0.1) is 0 Å². The van der Waals surface area contributed by atoms with Crippen LogP contribution in [0.15, 0.2) is 24.5 Å². The summed E-state index contributed by atoms with van der Waals surface area (Å²) in [6.07, 6.45) is 6.06. The molecule has 2 aromatic rings. The fourth-order valence-electron chi connectivity index (χ4n) is 4.61. The monoisotopic (exact) mass is 489 g/mol. The number of halogens is 2. The highest BCUT2D eigenvalue weighted by atomic mass is 19.1. The summed E-state index contributed by atoms with van der Waals surface area (Å²) in [5.74, 6) is 1.04. The third kappa shape index (κ3) is 6.98. The van der Waals surface area contributed by atoms with Crippen LogP contribution in [0.1, 0.15) is 39.0 Å². The molecule has 3 heterocycles. The van der Waals surface area contributed by atoms with Crippen molar-refractivity contribution < 1.29 is 13.9 Å². The number of aromatic nitrogens is 3. The van der Waals surface area contributed by atoms with Gasteiger partial charge in [-0.2, -0.15) is 4.98 Å². The average molecular weight is 490 g/mol. The highest BCUT2D eigenvalue weighted by Gasteiger charge is 2.22. The third-order valence-corrected chi connectivity index (χ3v) is 6.91. The zero-order valence-electron chi connectivity index (χ0n) is 20.5. The molecule has 2 fully saturated rings. The molecule has 1 saturated carbocycles. The summed E-state index contributed by atoms with van der Waals surface area (Å²) in [5, 5.41) is 16.4. The highest BCUT2D eigenvalue weighted by molar-refractivity contribution is 5.73. The Morgan fingerprint density at radius 1 is 1.09 bits per heavy atom. The van der Waals surface area contributed by atoms with Gasteiger partial charge < -0.3 is 20.6 Å². The van der Waals surface area contributed by atoms with E-state index in [1.807, 2.05) is 12.3 Å². The van der Waals surface area contributed by atoms with Crippen molar-refractivity contribution in [2.75, 3.05) is 61.5 Å². The van der Waals surface area contributed by atoms with Crippen molar-refractivity contribution in [2.24, 2.45) is 0 Å². The molecule has 4 rings (SSSR count). The lowest BCUT2D eigenvalue weighted by Crippen LogP contribution is -2.47. The molecule has 8 nitrogen and oxygen atoms in total. The predicted molar refractivity (Wildman–Crippen MR) is 135 cm³/mol. The normalized spacial score (nSPS) is 22.1. The molecule has 1 aliphatic carbocycles. The van der Waals surface area contributed by atoms with Crippen LogP contribution in [0.25, 0.3) is 11.3 Å². The van der Waals surface area contributed by atoms with Crippen molar-refractivity contribution in [3.05, 3.63) is 24.5 Å². The molecule has 0 radical (unpaired) electrons. The van der Waals surface area contributed by atoms with Gasteiger partial charge in [-0.1, -0.05) is 6.92 Å². The second kappa shape index (κ2) is 12.4. The number of alkyl halides is 2. The first-order valence-electron chi connectivity index (χ1n) is 12.7. The number of rotatable bonds is 10. The number of aliphatic hydroxyl groups is 1. The maximum atomic E-state index is 13.7. The molecule has 0 aromatic carbocycles. The lowest BCUT2D eigenvalue weighted by Gasteiger charge is -2.35. The zero-order valence-corrected chi connectivity index (χ0v) is 20.5. The number of aliphatic hydroxyl groups excluding tert-OH is 1. The van der Waals surface area contributed by atoms with E-state index >= 15 is 0 Å².